The molecule has 2 amide bonds. The van der Waals surface area contributed by atoms with Gasteiger partial charge in [-0.25, -0.2) is 0 Å². The summed E-state index contributed by atoms with van der Waals surface area (Å²) >= 11 is 0. The number of benzene rings is 1. The molecule has 7 heteroatoms. The Balaban J connectivity index is 1.47. The SMILES string of the molecule is COc1cccc(CNC(=O)[C@H]2[C@H]3C(=O)N(CCN)C[C@]34CC[C@H]2O4)c1. The molecule has 3 heterocycles. The summed E-state index contributed by atoms with van der Waals surface area (Å²) in [6.07, 6.45) is 1.51. The van der Waals surface area contributed by atoms with Gasteiger partial charge >= 0.3 is 0 Å². The Labute approximate surface area is 152 Å². The van der Waals surface area contributed by atoms with E-state index in [9.17, 15) is 9.59 Å². The molecule has 3 aliphatic rings. The van der Waals surface area contributed by atoms with E-state index in [0.29, 0.717) is 26.2 Å². The second-order valence-corrected chi connectivity index (χ2v) is 7.38. The molecule has 3 saturated heterocycles. The monoisotopic (exact) mass is 359 g/mol. The lowest BCUT2D eigenvalue weighted by atomic mass is 9.73. The maximum Gasteiger partial charge on any atom is 0.229 e. The third-order valence-electron chi connectivity index (χ3n) is 5.90. The Bertz CT molecular complexity index is 724. The fourth-order valence-electron chi connectivity index (χ4n) is 4.78. The van der Waals surface area contributed by atoms with Crippen molar-refractivity contribution in [2.45, 2.75) is 31.1 Å². The van der Waals surface area contributed by atoms with Gasteiger partial charge in [-0.05, 0) is 30.5 Å². The van der Waals surface area contributed by atoms with Crippen molar-refractivity contribution < 1.29 is 19.1 Å². The molecule has 1 aromatic carbocycles. The lowest BCUT2D eigenvalue weighted by molar-refractivity contribution is -0.138. The van der Waals surface area contributed by atoms with E-state index >= 15 is 0 Å². The number of ether oxygens (including phenoxy) is 2. The number of hydrogen-bond donors (Lipinski definition) is 2. The summed E-state index contributed by atoms with van der Waals surface area (Å²) in [4.78, 5) is 27.5. The second-order valence-electron chi connectivity index (χ2n) is 7.38. The molecule has 140 valence electrons. The average molecular weight is 359 g/mol. The third-order valence-corrected chi connectivity index (χ3v) is 5.90. The maximum atomic E-state index is 12.9. The lowest BCUT2D eigenvalue weighted by Crippen LogP contribution is -2.45. The minimum atomic E-state index is -0.491. The van der Waals surface area contributed by atoms with Gasteiger partial charge in [-0.2, -0.15) is 0 Å². The van der Waals surface area contributed by atoms with Gasteiger partial charge in [0.05, 0.1) is 37.2 Å². The van der Waals surface area contributed by atoms with Gasteiger partial charge in [0.1, 0.15) is 5.75 Å². The summed E-state index contributed by atoms with van der Waals surface area (Å²) in [5, 5.41) is 2.98. The predicted molar refractivity (Wildman–Crippen MR) is 94.3 cm³/mol. The highest BCUT2D eigenvalue weighted by Crippen LogP contribution is 2.55. The molecule has 3 N–H and O–H groups in total. The molecule has 7 nitrogen and oxygen atoms in total. The smallest absolute Gasteiger partial charge is 0.229 e. The maximum absolute atomic E-state index is 12.9. The molecule has 26 heavy (non-hydrogen) atoms. The number of carbonyl (C=O) groups is 2. The number of fused-ring (bicyclic) bond motifs is 1. The highest BCUT2D eigenvalue weighted by molar-refractivity contribution is 5.92. The van der Waals surface area contributed by atoms with Gasteiger partial charge in [0, 0.05) is 19.6 Å². The fraction of sp³-hybridized carbons (Fsp3) is 0.579. The fourth-order valence-corrected chi connectivity index (χ4v) is 4.78. The Morgan fingerprint density at radius 2 is 2.35 bits per heavy atom. The van der Waals surface area contributed by atoms with Crippen LogP contribution in [-0.4, -0.2) is 55.2 Å². The molecule has 0 saturated carbocycles. The summed E-state index contributed by atoms with van der Waals surface area (Å²) in [7, 11) is 1.61. The quantitative estimate of drug-likeness (QED) is 0.761. The standard InChI is InChI=1S/C19H25N3O4/c1-25-13-4-2-3-12(9-13)10-21-17(23)15-14-5-6-19(26-14)11-22(8-7-20)18(24)16(15)19/h2-4,9,14-16H,5-8,10-11,20H2,1H3,(H,21,23)/t14-,15-,16+,19-/m1/s1. The minimum Gasteiger partial charge on any atom is -0.497 e. The zero-order valence-corrected chi connectivity index (χ0v) is 14.9. The molecular weight excluding hydrogens is 334 g/mol. The number of nitrogens with two attached hydrogens (primary N) is 1. The Hall–Kier alpha value is -2.12. The van der Waals surface area contributed by atoms with Crippen LogP contribution in [0, 0.1) is 11.8 Å². The highest BCUT2D eigenvalue weighted by atomic mass is 16.5. The number of nitrogens with one attached hydrogen (secondary N) is 1. The lowest BCUT2D eigenvalue weighted by Gasteiger charge is -2.27. The van der Waals surface area contributed by atoms with Crippen LogP contribution < -0.4 is 15.8 Å². The first kappa shape index (κ1) is 17.3. The van der Waals surface area contributed by atoms with Gasteiger partial charge in [0.2, 0.25) is 11.8 Å². The van der Waals surface area contributed by atoms with Crippen molar-refractivity contribution in [3.05, 3.63) is 29.8 Å². The molecule has 0 aromatic heterocycles. The topological polar surface area (TPSA) is 93.9 Å². The molecule has 0 radical (unpaired) electrons. The number of carbonyl (C=O) groups excluding carboxylic acids is 2. The van der Waals surface area contributed by atoms with Crippen molar-refractivity contribution in [2.75, 3.05) is 26.7 Å². The van der Waals surface area contributed by atoms with Crippen LogP contribution in [0.1, 0.15) is 18.4 Å². The van der Waals surface area contributed by atoms with E-state index in [1.165, 1.54) is 0 Å². The normalized spacial score (nSPS) is 32.0. The average Bonchev–Trinajstić information content (AvgIpc) is 3.29. The highest BCUT2D eigenvalue weighted by Gasteiger charge is 2.68. The van der Waals surface area contributed by atoms with Crippen molar-refractivity contribution in [1.29, 1.82) is 0 Å². The van der Waals surface area contributed by atoms with Crippen molar-refractivity contribution in [3.63, 3.8) is 0 Å². The zero-order valence-electron chi connectivity index (χ0n) is 14.9. The third kappa shape index (κ3) is 2.66. The molecule has 2 bridgehead atoms. The molecule has 3 fully saturated rings. The van der Waals surface area contributed by atoms with Gasteiger partial charge in [-0.1, -0.05) is 12.1 Å². The first-order valence-electron chi connectivity index (χ1n) is 9.15. The molecule has 0 unspecified atom stereocenters. The van der Waals surface area contributed by atoms with Crippen LogP contribution in [0.3, 0.4) is 0 Å². The zero-order chi connectivity index (χ0) is 18.3. The van der Waals surface area contributed by atoms with Crippen LogP contribution in [0.15, 0.2) is 24.3 Å². The number of hydrogen-bond acceptors (Lipinski definition) is 5. The molecule has 1 spiro atoms. The summed E-state index contributed by atoms with van der Waals surface area (Å²) in [6.45, 7) is 1.90. The Morgan fingerprint density at radius 1 is 1.50 bits per heavy atom. The summed E-state index contributed by atoms with van der Waals surface area (Å²) in [5.74, 6) is -0.128. The van der Waals surface area contributed by atoms with E-state index in [-0.39, 0.29) is 23.8 Å². The predicted octanol–water partition coefficient (Wildman–Crippen LogP) is 0.276. The minimum absolute atomic E-state index is 0.0131. The Morgan fingerprint density at radius 3 is 3.12 bits per heavy atom. The summed E-state index contributed by atoms with van der Waals surface area (Å²) in [6, 6.07) is 7.58. The van der Waals surface area contributed by atoms with Gasteiger partial charge in [0.25, 0.3) is 0 Å². The van der Waals surface area contributed by atoms with Crippen LogP contribution in [0.25, 0.3) is 0 Å². The van der Waals surface area contributed by atoms with E-state index in [4.69, 9.17) is 15.2 Å². The second kappa shape index (κ2) is 6.55. The van der Waals surface area contributed by atoms with E-state index in [1.54, 1.807) is 12.0 Å². The van der Waals surface area contributed by atoms with Crippen molar-refractivity contribution in [1.82, 2.24) is 10.2 Å². The van der Waals surface area contributed by atoms with Crippen LogP contribution in [-0.2, 0) is 20.9 Å². The van der Waals surface area contributed by atoms with E-state index in [0.717, 1.165) is 24.2 Å². The first-order valence-corrected chi connectivity index (χ1v) is 9.15. The van der Waals surface area contributed by atoms with Crippen LogP contribution in [0.4, 0.5) is 0 Å². The number of nitrogens with zero attached hydrogens (tertiary/aromatic N) is 1. The summed E-state index contributed by atoms with van der Waals surface area (Å²) in [5.41, 5.74) is 6.09. The number of rotatable bonds is 6. The van der Waals surface area contributed by atoms with Crippen molar-refractivity contribution in [2.24, 2.45) is 17.6 Å². The van der Waals surface area contributed by atoms with E-state index in [1.807, 2.05) is 24.3 Å². The molecular formula is C19H25N3O4. The van der Waals surface area contributed by atoms with E-state index in [2.05, 4.69) is 5.32 Å². The number of likely N-dealkylation sites (tertiary alicyclic amines) is 1. The molecule has 4 rings (SSSR count). The largest absolute Gasteiger partial charge is 0.497 e. The molecule has 3 aliphatic heterocycles. The van der Waals surface area contributed by atoms with Crippen molar-refractivity contribution >= 4 is 11.8 Å². The van der Waals surface area contributed by atoms with E-state index < -0.39 is 11.5 Å². The van der Waals surface area contributed by atoms with Crippen molar-refractivity contribution in [3.8, 4) is 5.75 Å². The molecule has 4 atom stereocenters. The first-order chi connectivity index (χ1) is 12.6. The Kier molecular flexibility index (Phi) is 4.36. The molecule has 0 aliphatic carbocycles. The van der Waals surface area contributed by atoms with Gasteiger partial charge in [0.15, 0.2) is 0 Å². The van der Waals surface area contributed by atoms with Crippen LogP contribution in [0.2, 0.25) is 0 Å². The number of methoxy groups -OCH3 is 1. The van der Waals surface area contributed by atoms with Crippen LogP contribution >= 0.6 is 0 Å². The number of amides is 2. The summed E-state index contributed by atoms with van der Waals surface area (Å²) < 4.78 is 11.4. The van der Waals surface area contributed by atoms with Crippen LogP contribution in [0.5, 0.6) is 5.75 Å². The van der Waals surface area contributed by atoms with Gasteiger partial charge < -0.3 is 25.4 Å². The van der Waals surface area contributed by atoms with Gasteiger partial charge in [-0.15, -0.1) is 0 Å². The molecule has 1 aromatic rings. The van der Waals surface area contributed by atoms with Gasteiger partial charge in [-0.3, -0.25) is 9.59 Å².